The molecule has 0 aromatic heterocycles. The predicted molar refractivity (Wildman–Crippen MR) is 82.0 cm³/mol. The van der Waals surface area contributed by atoms with Gasteiger partial charge in [0.2, 0.25) is 0 Å². The number of hydrogen-bond acceptors (Lipinski definition) is 2. The number of nitrogens with one attached hydrogen (secondary N) is 2. The van der Waals surface area contributed by atoms with E-state index in [1.807, 2.05) is 31.2 Å². The lowest BCUT2D eigenvalue weighted by molar-refractivity contribution is 0.683. The molecule has 0 aliphatic rings. The molecule has 0 saturated carbocycles. The molecule has 1 aromatic carbocycles. The van der Waals surface area contributed by atoms with Crippen LogP contribution in [0, 0.1) is 0 Å². The fourth-order valence-electron chi connectivity index (χ4n) is 1.44. The van der Waals surface area contributed by atoms with E-state index in [1.165, 1.54) is 0 Å². The van der Waals surface area contributed by atoms with Crippen LogP contribution in [0.5, 0.6) is 0 Å². The zero-order chi connectivity index (χ0) is 12.8. The van der Waals surface area contributed by atoms with Crippen LogP contribution in [0.25, 0.3) is 0 Å². The van der Waals surface area contributed by atoms with E-state index in [2.05, 4.69) is 56.0 Å². The number of halogens is 2. The van der Waals surface area contributed by atoms with Crippen molar-refractivity contribution in [3.8, 4) is 0 Å². The van der Waals surface area contributed by atoms with Crippen LogP contribution in [-0.2, 0) is 0 Å². The molecule has 1 rings (SSSR count). The lowest BCUT2D eigenvalue weighted by Crippen LogP contribution is -2.31. The second kappa shape index (κ2) is 6.87. The fourth-order valence-corrected chi connectivity index (χ4v) is 2.17. The molecule has 17 heavy (non-hydrogen) atoms. The summed E-state index contributed by atoms with van der Waals surface area (Å²) in [7, 11) is 0. The van der Waals surface area contributed by atoms with E-state index in [0.29, 0.717) is 0 Å². The van der Waals surface area contributed by atoms with Crippen LogP contribution in [0.4, 0.5) is 5.69 Å². The molecule has 1 atom stereocenters. The van der Waals surface area contributed by atoms with Gasteiger partial charge in [-0.1, -0.05) is 28.6 Å². The van der Waals surface area contributed by atoms with E-state index in [1.54, 1.807) is 6.08 Å². The minimum Gasteiger partial charge on any atom is -0.369 e. The van der Waals surface area contributed by atoms with Crippen molar-refractivity contribution >= 4 is 37.5 Å². The smallest absolute Gasteiger partial charge is 0.0932 e. The van der Waals surface area contributed by atoms with Crippen LogP contribution >= 0.6 is 31.9 Å². The monoisotopic (exact) mass is 358 g/mol. The molecule has 2 N–H and O–H groups in total. The molecule has 0 fully saturated rings. The van der Waals surface area contributed by atoms with Crippen LogP contribution in [-0.4, -0.2) is 6.17 Å². The summed E-state index contributed by atoms with van der Waals surface area (Å²) in [4.78, 5) is 0. The highest BCUT2D eigenvalue weighted by atomic mass is 79.9. The Bertz CT molecular complexity index is 427. The molecule has 0 saturated heterocycles. The Labute approximate surface area is 119 Å². The Morgan fingerprint density at radius 2 is 2.12 bits per heavy atom. The third-order valence-electron chi connectivity index (χ3n) is 2.11. The summed E-state index contributed by atoms with van der Waals surface area (Å²) in [5, 5.41) is 6.70. The van der Waals surface area contributed by atoms with E-state index in [4.69, 9.17) is 0 Å². The number of allylic oxidation sites excluding steroid dienone is 3. The molecule has 92 valence electrons. The van der Waals surface area contributed by atoms with Crippen LogP contribution < -0.4 is 10.6 Å². The first-order valence-corrected chi connectivity index (χ1v) is 6.89. The van der Waals surface area contributed by atoms with Gasteiger partial charge in [-0.05, 0) is 54.1 Å². The molecule has 0 aliphatic heterocycles. The lowest BCUT2D eigenvalue weighted by Gasteiger charge is -2.19. The van der Waals surface area contributed by atoms with Crippen molar-refractivity contribution < 1.29 is 0 Å². The van der Waals surface area contributed by atoms with Crippen molar-refractivity contribution in [1.82, 2.24) is 5.32 Å². The average molecular weight is 360 g/mol. The average Bonchev–Trinajstić information content (AvgIpc) is 2.23. The van der Waals surface area contributed by atoms with Gasteiger partial charge in [0.15, 0.2) is 0 Å². The lowest BCUT2D eigenvalue weighted by atomic mass is 10.3. The molecule has 1 unspecified atom stereocenters. The largest absolute Gasteiger partial charge is 0.369 e. The summed E-state index contributed by atoms with van der Waals surface area (Å²) in [6, 6.07) is 6.04. The second-order valence-electron chi connectivity index (χ2n) is 3.72. The topological polar surface area (TPSA) is 24.1 Å². The van der Waals surface area contributed by atoms with Gasteiger partial charge < -0.3 is 10.6 Å². The van der Waals surface area contributed by atoms with E-state index in [-0.39, 0.29) is 6.17 Å². The van der Waals surface area contributed by atoms with Crippen LogP contribution in [0.1, 0.15) is 13.8 Å². The van der Waals surface area contributed by atoms with Gasteiger partial charge in [0.25, 0.3) is 0 Å². The van der Waals surface area contributed by atoms with Gasteiger partial charge in [-0.2, -0.15) is 0 Å². The van der Waals surface area contributed by atoms with Gasteiger partial charge in [0.1, 0.15) is 0 Å². The number of anilines is 1. The first-order chi connectivity index (χ1) is 8.02. The summed E-state index contributed by atoms with van der Waals surface area (Å²) in [5.74, 6) is 0. The van der Waals surface area contributed by atoms with Crippen molar-refractivity contribution in [2.75, 3.05) is 5.32 Å². The molecule has 0 amide bonds. The van der Waals surface area contributed by atoms with Gasteiger partial charge in [-0.25, -0.2) is 0 Å². The number of rotatable bonds is 5. The zero-order valence-corrected chi connectivity index (χ0v) is 13.1. The number of benzene rings is 1. The molecule has 0 spiro atoms. The predicted octanol–water partition coefficient (Wildman–Crippen LogP) is 4.65. The normalized spacial score (nSPS) is 13.1. The molecular weight excluding hydrogens is 344 g/mol. The summed E-state index contributed by atoms with van der Waals surface area (Å²) in [5.41, 5.74) is 2.12. The highest BCUT2D eigenvalue weighted by molar-refractivity contribution is 9.11. The Morgan fingerprint density at radius 1 is 1.41 bits per heavy atom. The van der Waals surface area contributed by atoms with Crippen molar-refractivity contribution in [3.05, 3.63) is 51.6 Å². The third-order valence-corrected chi connectivity index (χ3v) is 3.30. The van der Waals surface area contributed by atoms with E-state index < -0.39 is 0 Å². The second-order valence-corrected chi connectivity index (χ2v) is 5.49. The van der Waals surface area contributed by atoms with Crippen molar-refractivity contribution in [2.45, 2.75) is 20.0 Å². The Hall–Kier alpha value is -0.740. The Morgan fingerprint density at radius 3 is 2.76 bits per heavy atom. The molecule has 0 heterocycles. The highest BCUT2D eigenvalue weighted by Crippen LogP contribution is 2.26. The maximum absolute atomic E-state index is 3.67. The molecule has 4 heteroatoms. The van der Waals surface area contributed by atoms with Crippen molar-refractivity contribution in [1.29, 1.82) is 0 Å². The van der Waals surface area contributed by atoms with Crippen LogP contribution in [0.15, 0.2) is 51.6 Å². The summed E-state index contributed by atoms with van der Waals surface area (Å²) >= 11 is 6.97. The standard InChI is InChI=1S/C13H16Br2N2/c1-4-5-9(2)16-10(3)17-13-8-11(14)6-7-12(13)15/h4-8,10,16-17H,1H2,2-3H3/b9-5+. The first-order valence-electron chi connectivity index (χ1n) is 5.30. The van der Waals surface area contributed by atoms with Gasteiger partial charge >= 0.3 is 0 Å². The molecule has 2 nitrogen and oxygen atoms in total. The van der Waals surface area contributed by atoms with Gasteiger partial charge in [0, 0.05) is 14.6 Å². The summed E-state index contributed by atoms with van der Waals surface area (Å²) in [6.07, 6.45) is 3.84. The van der Waals surface area contributed by atoms with E-state index in [0.717, 1.165) is 20.3 Å². The van der Waals surface area contributed by atoms with Crippen molar-refractivity contribution in [3.63, 3.8) is 0 Å². The molecular formula is C13H16Br2N2. The minimum atomic E-state index is 0.136. The SMILES string of the molecule is C=C/C=C(\C)NC(C)Nc1cc(Br)ccc1Br. The molecule has 0 bridgehead atoms. The molecule has 0 radical (unpaired) electrons. The Balaban J connectivity index is 2.67. The minimum absolute atomic E-state index is 0.136. The third kappa shape index (κ3) is 4.96. The fraction of sp³-hybridized carbons (Fsp3) is 0.231. The van der Waals surface area contributed by atoms with Gasteiger partial charge in [-0.15, -0.1) is 0 Å². The van der Waals surface area contributed by atoms with Gasteiger partial charge in [-0.3, -0.25) is 0 Å². The summed E-state index contributed by atoms with van der Waals surface area (Å²) < 4.78 is 2.09. The molecule has 1 aromatic rings. The quantitative estimate of drug-likeness (QED) is 0.590. The van der Waals surface area contributed by atoms with Crippen LogP contribution in [0.3, 0.4) is 0 Å². The molecule has 0 aliphatic carbocycles. The summed E-state index contributed by atoms with van der Waals surface area (Å²) in [6.45, 7) is 7.74. The number of hydrogen-bond donors (Lipinski definition) is 2. The Kier molecular flexibility index (Phi) is 5.78. The van der Waals surface area contributed by atoms with Crippen LogP contribution in [0.2, 0.25) is 0 Å². The maximum atomic E-state index is 3.67. The highest BCUT2D eigenvalue weighted by Gasteiger charge is 2.04. The maximum Gasteiger partial charge on any atom is 0.0932 e. The van der Waals surface area contributed by atoms with E-state index >= 15 is 0 Å². The van der Waals surface area contributed by atoms with Gasteiger partial charge in [0.05, 0.1) is 11.9 Å². The zero-order valence-electron chi connectivity index (χ0n) is 9.93. The van der Waals surface area contributed by atoms with E-state index in [9.17, 15) is 0 Å². The first kappa shape index (κ1) is 14.3. The van der Waals surface area contributed by atoms with Crippen molar-refractivity contribution in [2.24, 2.45) is 0 Å².